The average molecular weight is 397 g/mol. The van der Waals surface area contributed by atoms with Crippen LogP contribution >= 0.6 is 11.6 Å². The normalized spacial score (nSPS) is 19.5. The van der Waals surface area contributed by atoms with Crippen molar-refractivity contribution in [2.75, 3.05) is 19.6 Å². The molecule has 2 aliphatic rings. The molecule has 148 valence electrons. The van der Waals surface area contributed by atoms with Gasteiger partial charge in [0.15, 0.2) is 0 Å². The number of hydrogen-bond donors (Lipinski definition) is 2. The van der Waals surface area contributed by atoms with Gasteiger partial charge in [-0.2, -0.15) is 0 Å². The third kappa shape index (κ3) is 5.03. The van der Waals surface area contributed by atoms with Gasteiger partial charge in [-0.05, 0) is 44.7 Å². The van der Waals surface area contributed by atoms with E-state index in [4.69, 9.17) is 11.6 Å². The van der Waals surface area contributed by atoms with Gasteiger partial charge in [0.2, 0.25) is 0 Å². The number of halogens is 2. The number of carbonyl (C=O) groups excluding carboxylic acids is 2. The van der Waals surface area contributed by atoms with Crippen LogP contribution in [-0.4, -0.2) is 53.6 Å². The van der Waals surface area contributed by atoms with Gasteiger partial charge in [-0.1, -0.05) is 17.7 Å². The zero-order chi connectivity index (χ0) is 19.4. The molecule has 0 radical (unpaired) electrons. The lowest BCUT2D eigenvalue weighted by Crippen LogP contribution is -2.56. The lowest BCUT2D eigenvalue weighted by atomic mass is 10.0. The van der Waals surface area contributed by atoms with Gasteiger partial charge in [-0.3, -0.25) is 0 Å². The number of piperidine rings is 1. The second-order valence-electron chi connectivity index (χ2n) is 7.11. The van der Waals surface area contributed by atoms with Crippen LogP contribution in [-0.2, 0) is 6.54 Å². The summed E-state index contributed by atoms with van der Waals surface area (Å²) in [4.78, 5) is 28.6. The summed E-state index contributed by atoms with van der Waals surface area (Å²) < 4.78 is 13.9. The quantitative estimate of drug-likeness (QED) is 0.801. The number of carbonyl (C=O) groups is 2. The summed E-state index contributed by atoms with van der Waals surface area (Å²) in [6.45, 7) is 3.73. The minimum atomic E-state index is -0.435. The Labute approximate surface area is 164 Å². The van der Waals surface area contributed by atoms with Crippen LogP contribution < -0.4 is 10.6 Å². The van der Waals surface area contributed by atoms with E-state index in [1.807, 2.05) is 11.8 Å². The molecule has 1 saturated carbocycles. The maximum absolute atomic E-state index is 13.9. The highest BCUT2D eigenvalue weighted by Crippen LogP contribution is 2.31. The van der Waals surface area contributed by atoms with Gasteiger partial charge in [-0.15, -0.1) is 0 Å². The molecule has 6 nitrogen and oxygen atoms in total. The Morgan fingerprint density at radius 1 is 1.26 bits per heavy atom. The molecular weight excluding hydrogens is 371 g/mol. The SMILES string of the molecule is CCNC(=O)N(C1CC1)[C@@H]1CCCN(C(=O)NCc2ccc(Cl)cc2F)C1. The van der Waals surface area contributed by atoms with Crippen molar-refractivity contribution in [3.63, 3.8) is 0 Å². The molecule has 2 fully saturated rings. The highest BCUT2D eigenvalue weighted by atomic mass is 35.5. The van der Waals surface area contributed by atoms with Crippen molar-refractivity contribution in [3.8, 4) is 0 Å². The highest BCUT2D eigenvalue weighted by molar-refractivity contribution is 6.30. The molecule has 1 heterocycles. The fourth-order valence-electron chi connectivity index (χ4n) is 3.54. The summed E-state index contributed by atoms with van der Waals surface area (Å²) in [6.07, 6.45) is 3.78. The molecule has 0 spiro atoms. The Morgan fingerprint density at radius 3 is 2.70 bits per heavy atom. The molecule has 1 saturated heterocycles. The summed E-state index contributed by atoms with van der Waals surface area (Å²) in [7, 11) is 0. The van der Waals surface area contributed by atoms with Crippen LogP contribution in [0.5, 0.6) is 0 Å². The Hall–Kier alpha value is -2.02. The molecule has 0 bridgehead atoms. The van der Waals surface area contributed by atoms with Crippen molar-refractivity contribution in [3.05, 3.63) is 34.6 Å². The Kier molecular flexibility index (Phi) is 6.42. The van der Waals surface area contributed by atoms with E-state index in [-0.39, 0.29) is 30.7 Å². The molecule has 27 heavy (non-hydrogen) atoms. The molecule has 1 aromatic rings. The molecule has 4 amide bonds. The Bertz CT molecular complexity index is 698. The van der Waals surface area contributed by atoms with Crippen LogP contribution in [0.25, 0.3) is 0 Å². The zero-order valence-corrected chi connectivity index (χ0v) is 16.3. The van der Waals surface area contributed by atoms with Crippen LogP contribution in [0.15, 0.2) is 18.2 Å². The minimum Gasteiger partial charge on any atom is -0.338 e. The van der Waals surface area contributed by atoms with Crippen LogP contribution in [0.1, 0.15) is 38.2 Å². The third-order valence-corrected chi connectivity index (χ3v) is 5.26. The predicted molar refractivity (Wildman–Crippen MR) is 102 cm³/mol. The van der Waals surface area contributed by atoms with Crippen molar-refractivity contribution in [1.29, 1.82) is 0 Å². The summed E-state index contributed by atoms with van der Waals surface area (Å²) in [5.41, 5.74) is 0.392. The fourth-order valence-corrected chi connectivity index (χ4v) is 3.70. The molecule has 3 rings (SSSR count). The fraction of sp³-hybridized carbons (Fsp3) is 0.579. The first-order valence-corrected chi connectivity index (χ1v) is 9.90. The molecule has 1 atom stereocenters. The monoisotopic (exact) mass is 396 g/mol. The van der Waals surface area contributed by atoms with E-state index >= 15 is 0 Å². The summed E-state index contributed by atoms with van der Waals surface area (Å²) >= 11 is 5.75. The first kappa shape index (κ1) is 19.7. The minimum absolute atomic E-state index is 0.0239. The largest absolute Gasteiger partial charge is 0.338 e. The summed E-state index contributed by atoms with van der Waals surface area (Å²) in [5.74, 6) is -0.435. The number of likely N-dealkylation sites (tertiary alicyclic amines) is 1. The standard InChI is InChI=1S/C19H26ClFN4O2/c1-2-22-19(27)25(15-7-8-15)16-4-3-9-24(12-16)18(26)23-11-13-5-6-14(20)10-17(13)21/h5-6,10,15-16H,2-4,7-9,11-12H2,1H3,(H,22,27)(H,23,26)/t16-/m1/s1. The van der Waals surface area contributed by atoms with E-state index in [0.29, 0.717) is 30.2 Å². The molecule has 0 unspecified atom stereocenters. The molecule has 0 aromatic heterocycles. The lowest BCUT2D eigenvalue weighted by molar-refractivity contribution is 0.115. The van der Waals surface area contributed by atoms with Crippen molar-refractivity contribution in [2.24, 2.45) is 0 Å². The second kappa shape index (κ2) is 8.78. The molecule has 1 aromatic carbocycles. The van der Waals surface area contributed by atoms with E-state index in [1.165, 1.54) is 6.07 Å². The average Bonchev–Trinajstić information content (AvgIpc) is 3.46. The Balaban J connectivity index is 1.58. The van der Waals surface area contributed by atoms with E-state index < -0.39 is 5.82 Å². The van der Waals surface area contributed by atoms with Gasteiger partial charge < -0.3 is 20.4 Å². The van der Waals surface area contributed by atoms with E-state index in [2.05, 4.69) is 10.6 Å². The van der Waals surface area contributed by atoms with Gasteiger partial charge >= 0.3 is 12.1 Å². The maximum atomic E-state index is 13.9. The van der Waals surface area contributed by atoms with Gasteiger partial charge in [0.25, 0.3) is 0 Å². The summed E-state index contributed by atoms with van der Waals surface area (Å²) in [6, 6.07) is 4.43. The van der Waals surface area contributed by atoms with Crippen molar-refractivity contribution >= 4 is 23.7 Å². The van der Waals surface area contributed by atoms with Crippen LogP contribution in [0, 0.1) is 5.82 Å². The highest BCUT2D eigenvalue weighted by Gasteiger charge is 2.39. The van der Waals surface area contributed by atoms with Crippen molar-refractivity contribution < 1.29 is 14.0 Å². The van der Waals surface area contributed by atoms with Gasteiger partial charge in [0.05, 0.1) is 6.04 Å². The molecular formula is C19H26ClFN4O2. The number of benzene rings is 1. The van der Waals surface area contributed by atoms with Crippen molar-refractivity contribution in [2.45, 2.75) is 51.2 Å². The van der Waals surface area contributed by atoms with Crippen LogP contribution in [0.2, 0.25) is 5.02 Å². The molecule has 8 heteroatoms. The number of amides is 4. The predicted octanol–water partition coefficient (Wildman–Crippen LogP) is 3.35. The smallest absolute Gasteiger partial charge is 0.317 e. The molecule has 1 aliphatic carbocycles. The number of nitrogens with one attached hydrogen (secondary N) is 2. The first-order chi connectivity index (χ1) is 13.0. The zero-order valence-electron chi connectivity index (χ0n) is 15.5. The maximum Gasteiger partial charge on any atom is 0.317 e. The number of hydrogen-bond acceptors (Lipinski definition) is 2. The first-order valence-electron chi connectivity index (χ1n) is 9.52. The topological polar surface area (TPSA) is 64.7 Å². The van der Waals surface area contributed by atoms with E-state index in [0.717, 1.165) is 25.7 Å². The van der Waals surface area contributed by atoms with Crippen LogP contribution in [0.3, 0.4) is 0 Å². The Morgan fingerprint density at radius 2 is 2.04 bits per heavy atom. The van der Waals surface area contributed by atoms with E-state index in [9.17, 15) is 14.0 Å². The summed E-state index contributed by atoms with van der Waals surface area (Å²) in [5, 5.41) is 5.98. The van der Waals surface area contributed by atoms with Gasteiger partial charge in [0, 0.05) is 42.8 Å². The van der Waals surface area contributed by atoms with Crippen LogP contribution in [0.4, 0.5) is 14.0 Å². The van der Waals surface area contributed by atoms with Gasteiger partial charge in [0.1, 0.15) is 5.82 Å². The lowest BCUT2D eigenvalue weighted by Gasteiger charge is -2.39. The van der Waals surface area contributed by atoms with Gasteiger partial charge in [-0.25, -0.2) is 14.0 Å². The third-order valence-electron chi connectivity index (χ3n) is 5.03. The number of rotatable bonds is 5. The van der Waals surface area contributed by atoms with E-state index in [1.54, 1.807) is 17.0 Å². The molecule has 2 N–H and O–H groups in total. The van der Waals surface area contributed by atoms with Crippen molar-refractivity contribution in [1.82, 2.24) is 20.4 Å². The second-order valence-corrected chi connectivity index (χ2v) is 7.55. The number of nitrogens with zero attached hydrogens (tertiary/aromatic N) is 2. The molecule has 1 aliphatic heterocycles. The number of urea groups is 2.